The molecule has 4 rings (SSSR count). The fraction of sp³-hybridized carbons (Fsp3) is 0.565. The van der Waals surface area contributed by atoms with Crippen LogP contribution in [0.2, 0.25) is 0 Å². The smallest absolute Gasteiger partial charge is 0.341 e. The van der Waals surface area contributed by atoms with Gasteiger partial charge in [-0.1, -0.05) is 19.3 Å². The molecule has 2 heterocycles. The maximum absolute atomic E-state index is 12.8. The quantitative estimate of drug-likeness (QED) is 0.586. The summed E-state index contributed by atoms with van der Waals surface area (Å²) >= 11 is 1.48. The van der Waals surface area contributed by atoms with E-state index in [1.54, 1.807) is 19.1 Å². The Bertz CT molecular complexity index is 894. The molecule has 2 aliphatic rings. The van der Waals surface area contributed by atoms with Gasteiger partial charge in [0.15, 0.2) is 5.76 Å². The Morgan fingerprint density at radius 1 is 1.13 bits per heavy atom. The summed E-state index contributed by atoms with van der Waals surface area (Å²) in [5, 5.41) is 3.44. The van der Waals surface area contributed by atoms with Crippen molar-refractivity contribution >= 4 is 28.2 Å². The van der Waals surface area contributed by atoms with Gasteiger partial charge in [0.25, 0.3) is 5.91 Å². The second-order valence-corrected chi connectivity index (χ2v) is 9.03. The van der Waals surface area contributed by atoms with Gasteiger partial charge in [-0.15, -0.1) is 11.3 Å². The molecular formula is C23H29NO5S. The number of esters is 1. The number of fused-ring (bicyclic) bond motifs is 1. The summed E-state index contributed by atoms with van der Waals surface area (Å²) in [5.41, 5.74) is 1.54. The molecule has 7 heteroatoms. The highest BCUT2D eigenvalue weighted by molar-refractivity contribution is 7.17. The second kappa shape index (κ2) is 9.79. The highest BCUT2D eigenvalue weighted by Crippen LogP contribution is 2.39. The van der Waals surface area contributed by atoms with E-state index in [-0.39, 0.29) is 23.7 Å². The van der Waals surface area contributed by atoms with Crippen LogP contribution in [0.15, 0.2) is 16.5 Å². The number of carbonyl (C=O) groups excluding carboxylic acids is 2. The van der Waals surface area contributed by atoms with E-state index in [2.05, 4.69) is 5.32 Å². The van der Waals surface area contributed by atoms with Crippen LogP contribution < -0.4 is 5.32 Å². The van der Waals surface area contributed by atoms with Crippen molar-refractivity contribution in [1.29, 1.82) is 0 Å². The maximum atomic E-state index is 12.8. The first-order valence-electron chi connectivity index (χ1n) is 11.0. The summed E-state index contributed by atoms with van der Waals surface area (Å²) in [5.74, 6) is 0.136. The lowest BCUT2D eigenvalue weighted by Gasteiger charge is -2.21. The van der Waals surface area contributed by atoms with Gasteiger partial charge in [-0.25, -0.2) is 4.79 Å². The van der Waals surface area contributed by atoms with Crippen LogP contribution in [-0.2, 0) is 28.9 Å². The average molecular weight is 432 g/mol. The number of aryl methyl sites for hydroxylation is 1. The predicted octanol–water partition coefficient (Wildman–Crippen LogP) is 5.50. The summed E-state index contributed by atoms with van der Waals surface area (Å²) in [7, 11) is 0. The van der Waals surface area contributed by atoms with Crippen molar-refractivity contribution in [1.82, 2.24) is 0 Å². The van der Waals surface area contributed by atoms with E-state index >= 15 is 0 Å². The van der Waals surface area contributed by atoms with Gasteiger partial charge in [-0.2, -0.15) is 0 Å². The van der Waals surface area contributed by atoms with Crippen molar-refractivity contribution in [2.24, 2.45) is 0 Å². The summed E-state index contributed by atoms with van der Waals surface area (Å²) in [4.78, 5) is 26.5. The van der Waals surface area contributed by atoms with Crippen molar-refractivity contribution in [2.45, 2.75) is 77.4 Å². The zero-order chi connectivity index (χ0) is 20.9. The lowest BCUT2D eigenvalue weighted by atomic mass is 9.95. The van der Waals surface area contributed by atoms with Gasteiger partial charge in [-0.05, 0) is 63.1 Å². The molecule has 0 radical (unpaired) electrons. The lowest BCUT2D eigenvalue weighted by molar-refractivity contribution is 0.00849. The third-order valence-electron chi connectivity index (χ3n) is 5.78. The molecule has 2 aromatic heterocycles. The molecule has 1 amide bonds. The van der Waals surface area contributed by atoms with Crippen LogP contribution in [0, 0.1) is 0 Å². The first-order valence-corrected chi connectivity index (χ1v) is 11.8. The summed E-state index contributed by atoms with van der Waals surface area (Å²) in [6, 6.07) is 3.44. The monoisotopic (exact) mass is 431 g/mol. The number of hydrogen-bond donors (Lipinski definition) is 1. The Hall–Kier alpha value is -2.12. The number of ether oxygens (including phenoxy) is 2. The minimum Gasteiger partial charge on any atom is -0.462 e. The number of hydrogen-bond acceptors (Lipinski definition) is 6. The first kappa shape index (κ1) is 21.1. The Morgan fingerprint density at radius 2 is 1.93 bits per heavy atom. The standard InChI is InChI=1S/C23H29NO5S/c1-2-27-23(26)20-17-10-6-7-11-19(17)30-22(20)24-21(25)18-13-12-16(29-18)14-28-15-8-4-3-5-9-15/h12-13,15H,2-11,14H2,1H3,(H,24,25). The largest absolute Gasteiger partial charge is 0.462 e. The van der Waals surface area contributed by atoms with E-state index in [9.17, 15) is 9.59 Å². The van der Waals surface area contributed by atoms with E-state index in [1.807, 2.05) is 0 Å². The summed E-state index contributed by atoms with van der Waals surface area (Å²) < 4.78 is 16.9. The van der Waals surface area contributed by atoms with Gasteiger partial charge in [-0.3, -0.25) is 4.79 Å². The number of carbonyl (C=O) groups is 2. The molecule has 162 valence electrons. The third kappa shape index (κ3) is 4.78. The van der Waals surface area contributed by atoms with Crippen LogP contribution >= 0.6 is 11.3 Å². The Balaban J connectivity index is 1.44. The molecule has 30 heavy (non-hydrogen) atoms. The number of rotatable bonds is 7. The Morgan fingerprint density at radius 3 is 2.73 bits per heavy atom. The number of nitrogens with one attached hydrogen (secondary N) is 1. The minimum absolute atomic E-state index is 0.221. The average Bonchev–Trinajstić information content (AvgIpc) is 3.37. The van der Waals surface area contributed by atoms with Gasteiger partial charge in [0.05, 0.1) is 18.3 Å². The Labute approximate surface area is 180 Å². The van der Waals surface area contributed by atoms with Crippen molar-refractivity contribution in [3.05, 3.63) is 39.7 Å². The molecule has 2 aliphatic carbocycles. The predicted molar refractivity (Wildman–Crippen MR) is 115 cm³/mol. The van der Waals surface area contributed by atoms with Gasteiger partial charge >= 0.3 is 5.97 Å². The number of furan rings is 1. The molecule has 6 nitrogen and oxygen atoms in total. The van der Waals surface area contributed by atoms with E-state index in [0.717, 1.165) is 44.1 Å². The van der Waals surface area contributed by atoms with Crippen LogP contribution in [0.1, 0.15) is 89.0 Å². The van der Waals surface area contributed by atoms with Gasteiger partial charge in [0, 0.05) is 4.88 Å². The molecule has 0 saturated heterocycles. The highest BCUT2D eigenvalue weighted by atomic mass is 32.1. The number of amides is 1. The molecule has 0 unspecified atom stereocenters. The van der Waals surface area contributed by atoms with Crippen LogP contribution in [0.3, 0.4) is 0 Å². The zero-order valence-electron chi connectivity index (χ0n) is 17.5. The normalized spacial score (nSPS) is 16.8. The van der Waals surface area contributed by atoms with Gasteiger partial charge < -0.3 is 19.2 Å². The van der Waals surface area contributed by atoms with Crippen molar-refractivity contribution in [3.8, 4) is 0 Å². The molecule has 1 fully saturated rings. The maximum Gasteiger partial charge on any atom is 0.341 e. The van der Waals surface area contributed by atoms with Crippen LogP contribution in [0.25, 0.3) is 0 Å². The zero-order valence-corrected chi connectivity index (χ0v) is 18.3. The first-order chi connectivity index (χ1) is 14.7. The van der Waals surface area contributed by atoms with Crippen LogP contribution in [-0.4, -0.2) is 24.6 Å². The van der Waals surface area contributed by atoms with E-state index in [0.29, 0.717) is 29.5 Å². The molecule has 0 bridgehead atoms. The van der Waals surface area contributed by atoms with E-state index in [4.69, 9.17) is 13.9 Å². The number of anilines is 1. The minimum atomic E-state index is -0.367. The van der Waals surface area contributed by atoms with Crippen molar-refractivity contribution in [2.75, 3.05) is 11.9 Å². The lowest BCUT2D eigenvalue weighted by Crippen LogP contribution is -2.16. The molecule has 1 N–H and O–H groups in total. The molecule has 0 atom stereocenters. The molecular weight excluding hydrogens is 402 g/mol. The highest BCUT2D eigenvalue weighted by Gasteiger charge is 2.28. The molecule has 1 saturated carbocycles. The van der Waals surface area contributed by atoms with Crippen LogP contribution in [0.5, 0.6) is 0 Å². The van der Waals surface area contributed by atoms with Crippen molar-refractivity contribution in [3.63, 3.8) is 0 Å². The Kier molecular flexibility index (Phi) is 6.89. The molecule has 0 aromatic carbocycles. The number of thiophene rings is 1. The van der Waals surface area contributed by atoms with E-state index < -0.39 is 0 Å². The fourth-order valence-corrected chi connectivity index (χ4v) is 5.52. The van der Waals surface area contributed by atoms with Gasteiger partial charge in [0.1, 0.15) is 17.4 Å². The topological polar surface area (TPSA) is 77.8 Å². The SMILES string of the molecule is CCOC(=O)c1c(NC(=O)c2ccc(COC3CCCCC3)o2)sc2c1CCCC2. The summed E-state index contributed by atoms with van der Waals surface area (Å²) in [6.07, 6.45) is 10.1. The molecule has 2 aromatic rings. The fourth-order valence-electron chi connectivity index (χ4n) is 4.25. The third-order valence-corrected chi connectivity index (χ3v) is 6.98. The summed E-state index contributed by atoms with van der Waals surface area (Å²) in [6.45, 7) is 2.47. The molecule has 0 spiro atoms. The van der Waals surface area contributed by atoms with Gasteiger partial charge in [0.2, 0.25) is 0 Å². The van der Waals surface area contributed by atoms with Crippen LogP contribution in [0.4, 0.5) is 5.00 Å². The van der Waals surface area contributed by atoms with E-state index in [1.165, 1.54) is 35.5 Å². The van der Waals surface area contributed by atoms with Crippen molar-refractivity contribution < 1.29 is 23.5 Å². The second-order valence-electron chi connectivity index (χ2n) is 7.93. The molecule has 0 aliphatic heterocycles.